The molecule has 0 bridgehead atoms. The van der Waals surface area contributed by atoms with E-state index in [1.165, 1.54) is 6.20 Å². The molecule has 0 atom stereocenters. The molecule has 1 saturated carbocycles. The van der Waals surface area contributed by atoms with Crippen molar-refractivity contribution in [2.45, 2.75) is 45.2 Å². The summed E-state index contributed by atoms with van der Waals surface area (Å²) in [6.07, 6.45) is 8.40. The van der Waals surface area contributed by atoms with Gasteiger partial charge in [-0.05, 0) is 38.7 Å². The molecule has 2 aromatic rings. The number of amides is 1. The molecular weight excluding hydrogens is 330 g/mol. The van der Waals surface area contributed by atoms with Gasteiger partial charge in [-0.25, -0.2) is 9.97 Å². The maximum Gasteiger partial charge on any atom is 0.223 e. The Morgan fingerprint density at radius 3 is 2.77 bits per heavy atom. The lowest BCUT2D eigenvalue weighted by Crippen LogP contribution is -2.37. The van der Waals surface area contributed by atoms with Crippen molar-refractivity contribution in [3.05, 3.63) is 36.0 Å². The minimum absolute atomic E-state index is 0.0460. The van der Waals surface area contributed by atoms with E-state index in [-0.39, 0.29) is 17.9 Å². The van der Waals surface area contributed by atoms with Crippen molar-refractivity contribution in [2.24, 2.45) is 5.92 Å². The molecular formula is C18H23N7O. The standard InChI is InChI=1S/C18H23N7O/c1-13-6-10-25(24-13)11-9-22-18(26)14-2-4-15(5-3-14)23-17-16(12-19)20-7-8-21-17/h6-8,10,14-15H,2-5,9,11H2,1H3,(H,21,23)(H,22,26). The predicted octanol–water partition coefficient (Wildman–Crippen LogP) is 1.64. The molecule has 2 aromatic heterocycles. The molecule has 0 aliphatic heterocycles. The maximum atomic E-state index is 12.3. The van der Waals surface area contributed by atoms with E-state index in [1.54, 1.807) is 6.20 Å². The van der Waals surface area contributed by atoms with Crippen LogP contribution in [0.5, 0.6) is 0 Å². The summed E-state index contributed by atoms with van der Waals surface area (Å²) in [5.74, 6) is 0.687. The quantitative estimate of drug-likeness (QED) is 0.817. The molecule has 0 aromatic carbocycles. The fraction of sp³-hybridized carbons (Fsp3) is 0.500. The van der Waals surface area contributed by atoms with E-state index in [4.69, 9.17) is 5.26 Å². The van der Waals surface area contributed by atoms with Crippen molar-refractivity contribution >= 4 is 11.7 Å². The molecule has 0 saturated heterocycles. The highest BCUT2D eigenvalue weighted by Gasteiger charge is 2.26. The molecule has 0 spiro atoms. The van der Waals surface area contributed by atoms with E-state index in [0.29, 0.717) is 24.6 Å². The Hall–Kier alpha value is -2.95. The van der Waals surface area contributed by atoms with Crippen LogP contribution in [0.4, 0.5) is 5.82 Å². The molecule has 8 heteroatoms. The highest BCUT2D eigenvalue weighted by Crippen LogP contribution is 2.26. The van der Waals surface area contributed by atoms with E-state index in [1.807, 2.05) is 29.9 Å². The van der Waals surface area contributed by atoms with Gasteiger partial charge in [-0.1, -0.05) is 0 Å². The first kappa shape index (κ1) is 17.9. The SMILES string of the molecule is Cc1ccn(CCNC(=O)C2CCC(Nc3nccnc3C#N)CC2)n1. The van der Waals surface area contributed by atoms with Crippen LogP contribution in [0.15, 0.2) is 24.7 Å². The van der Waals surface area contributed by atoms with Gasteiger partial charge in [-0.15, -0.1) is 0 Å². The van der Waals surface area contributed by atoms with E-state index in [0.717, 1.165) is 31.4 Å². The van der Waals surface area contributed by atoms with E-state index < -0.39 is 0 Å². The normalized spacial score (nSPS) is 19.5. The molecule has 2 N–H and O–H groups in total. The monoisotopic (exact) mass is 353 g/mol. The Bertz CT molecular complexity index is 787. The van der Waals surface area contributed by atoms with Gasteiger partial charge in [0.25, 0.3) is 0 Å². The summed E-state index contributed by atoms with van der Waals surface area (Å²) in [5, 5.41) is 19.7. The minimum Gasteiger partial charge on any atom is -0.365 e. The highest BCUT2D eigenvalue weighted by molar-refractivity contribution is 5.78. The van der Waals surface area contributed by atoms with Crippen LogP contribution in [0.25, 0.3) is 0 Å². The Morgan fingerprint density at radius 1 is 1.31 bits per heavy atom. The number of aromatic nitrogens is 4. The van der Waals surface area contributed by atoms with Crippen LogP contribution in [0.3, 0.4) is 0 Å². The molecule has 2 heterocycles. The number of hydrogen-bond acceptors (Lipinski definition) is 6. The zero-order valence-electron chi connectivity index (χ0n) is 14.9. The summed E-state index contributed by atoms with van der Waals surface area (Å²) in [5.41, 5.74) is 1.28. The summed E-state index contributed by atoms with van der Waals surface area (Å²) in [7, 11) is 0. The zero-order chi connectivity index (χ0) is 18.4. The molecule has 1 fully saturated rings. The van der Waals surface area contributed by atoms with Crippen LogP contribution < -0.4 is 10.6 Å². The van der Waals surface area contributed by atoms with Gasteiger partial charge in [-0.3, -0.25) is 9.48 Å². The second kappa shape index (κ2) is 8.43. The first-order valence-electron chi connectivity index (χ1n) is 8.91. The molecule has 3 rings (SSSR count). The van der Waals surface area contributed by atoms with Crippen LogP contribution in [0.2, 0.25) is 0 Å². The largest absolute Gasteiger partial charge is 0.365 e. The van der Waals surface area contributed by atoms with Gasteiger partial charge in [0.05, 0.1) is 12.2 Å². The second-order valence-corrected chi connectivity index (χ2v) is 6.57. The fourth-order valence-electron chi connectivity index (χ4n) is 3.24. The third kappa shape index (κ3) is 4.57. The van der Waals surface area contributed by atoms with Crippen LogP contribution in [-0.2, 0) is 11.3 Å². The average Bonchev–Trinajstić information content (AvgIpc) is 3.08. The van der Waals surface area contributed by atoms with Crippen LogP contribution in [-0.4, -0.2) is 38.2 Å². The summed E-state index contributed by atoms with van der Waals surface area (Å²) in [6, 6.07) is 4.21. The Kier molecular flexibility index (Phi) is 5.79. The lowest BCUT2D eigenvalue weighted by atomic mass is 9.85. The van der Waals surface area contributed by atoms with Crippen molar-refractivity contribution < 1.29 is 4.79 Å². The topological polar surface area (TPSA) is 109 Å². The number of hydrogen-bond donors (Lipinski definition) is 2. The second-order valence-electron chi connectivity index (χ2n) is 6.57. The molecule has 8 nitrogen and oxygen atoms in total. The Labute approximate surface area is 152 Å². The van der Waals surface area contributed by atoms with Crippen molar-refractivity contribution in [1.82, 2.24) is 25.1 Å². The molecule has 0 unspecified atom stereocenters. The molecule has 1 aliphatic rings. The number of carbonyl (C=O) groups excluding carboxylic acids is 1. The van der Waals surface area contributed by atoms with Gasteiger partial charge < -0.3 is 10.6 Å². The number of rotatable bonds is 6. The van der Waals surface area contributed by atoms with E-state index in [9.17, 15) is 4.79 Å². The zero-order valence-corrected chi connectivity index (χ0v) is 14.9. The molecule has 0 radical (unpaired) electrons. The van der Waals surface area contributed by atoms with Crippen LogP contribution >= 0.6 is 0 Å². The lowest BCUT2D eigenvalue weighted by Gasteiger charge is -2.28. The Morgan fingerprint density at radius 2 is 2.08 bits per heavy atom. The number of nitriles is 1. The summed E-state index contributed by atoms with van der Waals surface area (Å²) in [6.45, 7) is 3.21. The number of carbonyl (C=O) groups is 1. The average molecular weight is 353 g/mol. The van der Waals surface area contributed by atoms with Gasteiger partial charge in [-0.2, -0.15) is 10.4 Å². The number of aryl methyl sites for hydroxylation is 1. The third-order valence-corrected chi connectivity index (χ3v) is 4.66. The first-order valence-corrected chi connectivity index (χ1v) is 8.91. The van der Waals surface area contributed by atoms with Crippen LogP contribution in [0.1, 0.15) is 37.1 Å². The van der Waals surface area contributed by atoms with Crippen molar-refractivity contribution in [1.29, 1.82) is 5.26 Å². The van der Waals surface area contributed by atoms with E-state index >= 15 is 0 Å². The smallest absolute Gasteiger partial charge is 0.223 e. The molecule has 26 heavy (non-hydrogen) atoms. The summed E-state index contributed by atoms with van der Waals surface area (Å²) in [4.78, 5) is 20.5. The van der Waals surface area contributed by atoms with Crippen molar-refractivity contribution in [3.8, 4) is 6.07 Å². The van der Waals surface area contributed by atoms with Gasteiger partial charge in [0.15, 0.2) is 11.5 Å². The molecule has 1 aliphatic carbocycles. The van der Waals surface area contributed by atoms with Gasteiger partial charge in [0.2, 0.25) is 5.91 Å². The van der Waals surface area contributed by atoms with Gasteiger partial charge >= 0.3 is 0 Å². The number of anilines is 1. The van der Waals surface area contributed by atoms with E-state index in [2.05, 4.69) is 25.7 Å². The molecule has 136 valence electrons. The summed E-state index contributed by atoms with van der Waals surface area (Å²) < 4.78 is 1.84. The van der Waals surface area contributed by atoms with Crippen molar-refractivity contribution in [3.63, 3.8) is 0 Å². The predicted molar refractivity (Wildman–Crippen MR) is 96.1 cm³/mol. The van der Waals surface area contributed by atoms with Gasteiger partial charge in [0, 0.05) is 37.1 Å². The Balaban J connectivity index is 1.41. The fourth-order valence-corrected chi connectivity index (χ4v) is 3.24. The van der Waals surface area contributed by atoms with Gasteiger partial charge in [0.1, 0.15) is 6.07 Å². The molecule has 1 amide bonds. The third-order valence-electron chi connectivity index (χ3n) is 4.66. The lowest BCUT2D eigenvalue weighted by molar-refractivity contribution is -0.126. The number of nitrogens with zero attached hydrogens (tertiary/aromatic N) is 5. The number of nitrogens with one attached hydrogen (secondary N) is 2. The van der Waals surface area contributed by atoms with Crippen LogP contribution in [0, 0.1) is 24.2 Å². The minimum atomic E-state index is 0.0460. The summed E-state index contributed by atoms with van der Waals surface area (Å²) >= 11 is 0. The highest BCUT2D eigenvalue weighted by atomic mass is 16.1. The maximum absolute atomic E-state index is 12.3. The first-order chi connectivity index (χ1) is 12.7. The van der Waals surface area contributed by atoms with Crippen molar-refractivity contribution in [2.75, 3.05) is 11.9 Å².